The molecular weight excluding hydrogens is 324 g/mol. The molecule has 0 aromatic rings. The third-order valence-corrected chi connectivity index (χ3v) is 2.65. The number of nitrogens with one attached hydrogen (secondary N) is 2. The number of carbonyl (C=O) groups is 2. The number of carbonyl (C=O) groups excluding carboxylic acids is 2. The van der Waals surface area contributed by atoms with E-state index in [1.165, 1.54) is 16.4 Å². The van der Waals surface area contributed by atoms with Crippen LogP contribution in [0.3, 0.4) is 0 Å². The van der Waals surface area contributed by atoms with Crippen molar-refractivity contribution in [2.24, 2.45) is 0 Å². The van der Waals surface area contributed by atoms with Gasteiger partial charge < -0.3 is 8.17 Å². The molecule has 0 heterocycles. The molecule has 2 aliphatic carbocycles. The van der Waals surface area contributed by atoms with Gasteiger partial charge in [0, 0.05) is 11.3 Å². The Kier molecular flexibility index (Phi) is 7.83. The van der Waals surface area contributed by atoms with Gasteiger partial charge in [-0.25, -0.2) is 4.72 Å². The smallest absolute Gasteiger partial charge is 1.00 e. The first-order chi connectivity index (χ1) is 9.26. The Morgan fingerprint density at radius 1 is 1.19 bits per heavy atom. The molecule has 0 unspecified atom stereocenters. The van der Waals surface area contributed by atoms with E-state index < -0.39 is 16.2 Å². The number of benzene rings is 1. The first kappa shape index (κ1) is 19.8. The minimum Gasteiger partial charge on any atom is -1.00 e. The van der Waals surface area contributed by atoms with E-state index in [9.17, 15) is 18.0 Å². The van der Waals surface area contributed by atoms with Gasteiger partial charge in [-0.1, -0.05) is 25.3 Å². The van der Waals surface area contributed by atoms with Crippen LogP contribution in [0.15, 0.2) is 43.5 Å². The summed E-state index contributed by atoms with van der Waals surface area (Å²) in [4.78, 5) is 20.8. The van der Waals surface area contributed by atoms with Gasteiger partial charge in [-0.3, -0.25) is 14.1 Å². The van der Waals surface area contributed by atoms with Crippen LogP contribution >= 0.6 is 0 Å². The zero-order valence-electron chi connectivity index (χ0n) is 13.0. The third kappa shape index (κ3) is 6.40. The van der Waals surface area contributed by atoms with Crippen LogP contribution in [0.4, 0.5) is 5.69 Å². The maximum absolute atomic E-state index is 10.8. The summed E-state index contributed by atoms with van der Waals surface area (Å²) in [5, 5.41) is 2.69. The largest absolute Gasteiger partial charge is 2.00 e. The average Bonchev–Trinajstić information content (AvgIpc) is 2.33. The molecule has 0 aromatic heterocycles. The number of rotatable bonds is 4. The Morgan fingerprint density at radius 2 is 1.76 bits per heavy atom. The number of fused-ring (bicyclic) bond motifs is 1. The summed E-state index contributed by atoms with van der Waals surface area (Å²) < 4.78 is 28.7. The van der Waals surface area contributed by atoms with Crippen molar-refractivity contribution in [1.82, 2.24) is 4.72 Å². The molecule has 0 aromatic carbocycles. The fourth-order valence-electron chi connectivity index (χ4n) is 1.25. The van der Waals surface area contributed by atoms with Crippen LogP contribution in [0.25, 0.3) is 11.1 Å². The van der Waals surface area contributed by atoms with Gasteiger partial charge in [-0.2, -0.15) is 8.42 Å². The topological polar surface area (TPSA) is 113 Å². The van der Waals surface area contributed by atoms with Crippen LogP contribution in [0.2, 0.25) is 0 Å². The molecule has 0 saturated heterocycles. The minimum absolute atomic E-state index is 0. The molecule has 2 rings (SSSR count). The van der Waals surface area contributed by atoms with Gasteiger partial charge >= 0.3 is 48.0 Å². The van der Waals surface area contributed by atoms with E-state index in [-0.39, 0.29) is 46.5 Å². The normalized spacial score (nSPS) is 9.95. The molecule has 0 bridgehead atoms. The van der Waals surface area contributed by atoms with Gasteiger partial charge in [0.2, 0.25) is 5.91 Å². The molecule has 0 atom stereocenters. The number of hydrogen-bond acceptors (Lipinski definition) is 4. The molecular formula is C12H14CaN2O5S. The first-order valence-electron chi connectivity index (χ1n) is 5.26. The van der Waals surface area contributed by atoms with Crippen molar-refractivity contribution in [2.75, 3.05) is 5.32 Å². The van der Waals surface area contributed by atoms with Crippen molar-refractivity contribution in [3.05, 3.63) is 43.5 Å². The fraction of sp³-hybridized carbons (Fsp3) is 0. The van der Waals surface area contributed by atoms with E-state index in [0.29, 0.717) is 0 Å². The van der Waals surface area contributed by atoms with Gasteiger partial charge in [0.05, 0.1) is 0 Å². The van der Waals surface area contributed by atoms with Crippen LogP contribution in [0.5, 0.6) is 0 Å². The van der Waals surface area contributed by atoms with Crippen LogP contribution < -0.4 is 10.0 Å². The molecule has 0 saturated carbocycles. The minimum atomic E-state index is -4.41. The first-order valence-corrected chi connectivity index (χ1v) is 6.70. The Labute approximate surface area is 155 Å². The maximum Gasteiger partial charge on any atom is 2.00 e. The second-order valence-corrected chi connectivity index (χ2v) is 4.75. The fourth-order valence-corrected chi connectivity index (χ4v) is 1.58. The Hall–Kier alpha value is -1.19. The molecule has 2 aliphatic rings. The molecule has 9 heteroatoms. The molecule has 3 N–H and O–H groups in total. The SMILES string of the molecule is C=CC(=O)NS(=O)(=O)O.C=CC(=O)Nc1cc2ccc1-2.[Ca+2].[H-].[H-]. The van der Waals surface area contributed by atoms with Gasteiger partial charge in [-0.15, -0.1) is 0 Å². The molecule has 7 nitrogen and oxygen atoms in total. The van der Waals surface area contributed by atoms with Crippen LogP contribution in [-0.2, 0) is 19.9 Å². The van der Waals surface area contributed by atoms with Crippen LogP contribution in [0, 0.1) is 0 Å². The molecule has 21 heavy (non-hydrogen) atoms. The quantitative estimate of drug-likeness (QED) is 0.432. The van der Waals surface area contributed by atoms with Gasteiger partial charge in [0.25, 0.3) is 5.91 Å². The second-order valence-electron chi connectivity index (χ2n) is 3.60. The number of amides is 2. The zero-order valence-corrected chi connectivity index (χ0v) is 14.0. The van der Waals surface area contributed by atoms with Crippen molar-refractivity contribution in [3.8, 4) is 11.1 Å². The summed E-state index contributed by atoms with van der Waals surface area (Å²) in [5.74, 6) is -1.11. The van der Waals surface area contributed by atoms with Crippen molar-refractivity contribution >= 4 is 65.5 Å². The van der Waals surface area contributed by atoms with E-state index in [0.717, 1.165) is 17.3 Å². The molecule has 0 spiro atoms. The molecule has 0 aliphatic heterocycles. The average molecular weight is 338 g/mol. The molecule has 0 radical (unpaired) electrons. The van der Waals surface area contributed by atoms with E-state index in [2.05, 4.69) is 18.5 Å². The molecule has 2 amide bonds. The van der Waals surface area contributed by atoms with Crippen molar-refractivity contribution in [1.29, 1.82) is 0 Å². The number of hydrogen-bond donors (Lipinski definition) is 3. The maximum atomic E-state index is 10.8. The summed E-state index contributed by atoms with van der Waals surface area (Å²) >= 11 is 0. The predicted molar refractivity (Wildman–Crippen MR) is 82.1 cm³/mol. The second kappa shape index (κ2) is 8.30. The van der Waals surface area contributed by atoms with Crippen molar-refractivity contribution in [2.45, 2.75) is 0 Å². The summed E-state index contributed by atoms with van der Waals surface area (Å²) in [5.41, 5.74) is 3.29. The van der Waals surface area contributed by atoms with E-state index in [4.69, 9.17) is 4.55 Å². The molecule has 110 valence electrons. The van der Waals surface area contributed by atoms with Gasteiger partial charge in [0.1, 0.15) is 0 Å². The van der Waals surface area contributed by atoms with Crippen LogP contribution in [-0.4, -0.2) is 62.5 Å². The predicted octanol–water partition coefficient (Wildman–Crippen LogP) is 0.727. The van der Waals surface area contributed by atoms with E-state index >= 15 is 0 Å². The van der Waals surface area contributed by atoms with E-state index in [1.807, 2.05) is 18.2 Å². The van der Waals surface area contributed by atoms with Crippen LogP contribution in [0.1, 0.15) is 2.85 Å². The standard InChI is InChI=1S/C9H7NO.C3H5NO4S.Ca.2H/c1-2-9(11)10-8-5-6-3-4-7(6)8;1-2-3(5)4-9(6,7)8;;;/h2-5H,1H2,(H,10,11);2H,1H2,(H,4,5)(H,6,7,8);;;/q;;+2;2*-1. The Balaban J connectivity index is -0.000000314. The molecule has 0 fully saturated rings. The van der Waals surface area contributed by atoms with Gasteiger partial charge in [-0.05, 0) is 23.8 Å². The number of anilines is 1. The Bertz CT molecular complexity index is 695. The third-order valence-electron chi connectivity index (χ3n) is 2.19. The van der Waals surface area contributed by atoms with Crippen molar-refractivity contribution < 1.29 is 25.4 Å². The zero-order chi connectivity index (χ0) is 15.3. The van der Waals surface area contributed by atoms with Crippen molar-refractivity contribution in [3.63, 3.8) is 0 Å². The monoisotopic (exact) mass is 338 g/mol. The summed E-state index contributed by atoms with van der Waals surface area (Å²) in [6.45, 7) is 6.32. The Morgan fingerprint density at radius 3 is 2.00 bits per heavy atom. The summed E-state index contributed by atoms with van der Waals surface area (Å²) in [7, 11) is -4.41. The summed E-state index contributed by atoms with van der Waals surface area (Å²) in [6.07, 6.45) is 2.00. The summed E-state index contributed by atoms with van der Waals surface area (Å²) in [6, 6.07) is 5.93. The van der Waals surface area contributed by atoms with Gasteiger partial charge in [0.15, 0.2) is 0 Å². The van der Waals surface area contributed by atoms with E-state index in [1.54, 1.807) is 0 Å².